The third-order valence-corrected chi connectivity index (χ3v) is 3.89. The predicted octanol–water partition coefficient (Wildman–Crippen LogP) is 2.90. The molecule has 0 unspecified atom stereocenters. The number of anilines is 1. The van der Waals surface area contributed by atoms with Gasteiger partial charge in [-0.15, -0.1) is 0 Å². The summed E-state index contributed by atoms with van der Waals surface area (Å²) in [4.78, 5) is 31.9. The first-order valence-corrected chi connectivity index (χ1v) is 8.06. The molecule has 7 heteroatoms. The number of carbonyl (C=O) groups excluding carboxylic acids is 2. The van der Waals surface area contributed by atoms with Crippen LogP contribution in [0.2, 0.25) is 0 Å². The molecule has 2 aromatic heterocycles. The van der Waals surface area contributed by atoms with E-state index in [1.807, 2.05) is 0 Å². The molecule has 0 spiro atoms. The van der Waals surface area contributed by atoms with Crippen molar-refractivity contribution in [2.24, 2.45) is 0 Å². The molecule has 25 heavy (non-hydrogen) atoms. The number of aryl methyl sites for hydroxylation is 1. The van der Waals surface area contributed by atoms with Gasteiger partial charge in [0.05, 0.1) is 42.9 Å². The Hall–Kier alpha value is -2.83. The number of aromatic nitrogens is 2. The van der Waals surface area contributed by atoms with Crippen molar-refractivity contribution in [2.45, 2.75) is 33.7 Å². The monoisotopic (exact) mass is 345 g/mol. The Kier molecular flexibility index (Phi) is 5.80. The van der Waals surface area contributed by atoms with Crippen LogP contribution in [0.3, 0.4) is 0 Å². The van der Waals surface area contributed by atoms with Crippen molar-refractivity contribution in [1.29, 1.82) is 0 Å². The molecule has 0 aromatic carbocycles. The number of nitrogens with zero attached hydrogens (tertiary/aromatic N) is 1. The zero-order valence-electron chi connectivity index (χ0n) is 15.1. The molecule has 0 fully saturated rings. The van der Waals surface area contributed by atoms with Gasteiger partial charge in [0.25, 0.3) is 0 Å². The molecular formula is C18H23N3O4. The fourth-order valence-electron chi connectivity index (χ4n) is 2.62. The first-order valence-electron chi connectivity index (χ1n) is 8.06. The van der Waals surface area contributed by atoms with Gasteiger partial charge in [0, 0.05) is 11.8 Å². The second-order valence-electron chi connectivity index (χ2n) is 5.66. The minimum Gasteiger partial charge on any atom is -0.481 e. The Balaban J connectivity index is 2.18. The number of aromatic amines is 1. The molecule has 0 bridgehead atoms. The summed E-state index contributed by atoms with van der Waals surface area (Å²) in [7, 11) is 1.54. The van der Waals surface area contributed by atoms with Crippen LogP contribution < -0.4 is 10.1 Å². The summed E-state index contributed by atoms with van der Waals surface area (Å²) in [6.07, 6.45) is 1.60. The fraction of sp³-hybridized carbons (Fsp3) is 0.389. The number of H-pyrrole nitrogens is 1. The summed E-state index contributed by atoms with van der Waals surface area (Å²) >= 11 is 0. The third-order valence-electron chi connectivity index (χ3n) is 3.89. The van der Waals surface area contributed by atoms with E-state index >= 15 is 0 Å². The Bertz CT molecular complexity index is 765. The van der Waals surface area contributed by atoms with E-state index in [0.29, 0.717) is 34.1 Å². The topological polar surface area (TPSA) is 93.3 Å². The molecule has 2 heterocycles. The lowest BCUT2D eigenvalue weighted by molar-refractivity contribution is 0.0525. The van der Waals surface area contributed by atoms with E-state index in [2.05, 4.69) is 15.3 Å². The minimum atomic E-state index is -0.498. The Labute approximate surface area is 146 Å². The maximum absolute atomic E-state index is 12.7. The molecule has 1 atom stereocenters. The zero-order chi connectivity index (χ0) is 18.6. The van der Waals surface area contributed by atoms with Crippen molar-refractivity contribution < 1.29 is 19.1 Å². The number of nitrogens with one attached hydrogen (secondary N) is 2. The van der Waals surface area contributed by atoms with Gasteiger partial charge < -0.3 is 19.8 Å². The Morgan fingerprint density at radius 1 is 1.32 bits per heavy atom. The summed E-state index contributed by atoms with van der Waals surface area (Å²) < 4.78 is 10.1. The smallest absolute Gasteiger partial charge is 0.340 e. The van der Waals surface area contributed by atoms with Crippen LogP contribution in [0.4, 0.5) is 5.69 Å². The van der Waals surface area contributed by atoms with Gasteiger partial charge in [-0.1, -0.05) is 0 Å². The average Bonchev–Trinajstić information content (AvgIpc) is 2.89. The van der Waals surface area contributed by atoms with Crippen molar-refractivity contribution in [3.8, 4) is 5.88 Å². The zero-order valence-corrected chi connectivity index (χ0v) is 15.1. The largest absolute Gasteiger partial charge is 0.481 e. The number of hydrogen-bond acceptors (Lipinski definition) is 6. The minimum absolute atomic E-state index is 0.146. The van der Waals surface area contributed by atoms with Crippen molar-refractivity contribution in [1.82, 2.24) is 9.97 Å². The predicted molar refractivity (Wildman–Crippen MR) is 94.4 cm³/mol. The van der Waals surface area contributed by atoms with E-state index < -0.39 is 12.0 Å². The highest BCUT2D eigenvalue weighted by atomic mass is 16.5. The highest BCUT2D eigenvalue weighted by Crippen LogP contribution is 2.21. The van der Waals surface area contributed by atoms with Crippen LogP contribution in [0.1, 0.15) is 46.0 Å². The third kappa shape index (κ3) is 3.99. The molecule has 0 saturated heterocycles. The highest BCUT2D eigenvalue weighted by molar-refractivity contribution is 6.04. The van der Waals surface area contributed by atoms with Crippen LogP contribution >= 0.6 is 0 Å². The quantitative estimate of drug-likeness (QED) is 0.592. The molecule has 2 rings (SSSR count). The van der Waals surface area contributed by atoms with Crippen molar-refractivity contribution in [2.75, 3.05) is 19.0 Å². The Morgan fingerprint density at radius 2 is 2.04 bits per heavy atom. The average molecular weight is 345 g/mol. The van der Waals surface area contributed by atoms with Crippen molar-refractivity contribution in [3.63, 3.8) is 0 Å². The SMILES string of the molecule is CCOC(=O)c1c(C)[nH]c(C(=O)[C@@H](C)Nc2ccc(OC)nc2)c1C. The van der Waals surface area contributed by atoms with Gasteiger partial charge in [-0.2, -0.15) is 0 Å². The number of carbonyl (C=O) groups is 2. The summed E-state index contributed by atoms with van der Waals surface area (Å²) in [5.74, 6) is -0.0702. The molecule has 2 aromatic rings. The maximum atomic E-state index is 12.7. The van der Waals surface area contributed by atoms with E-state index in [-0.39, 0.29) is 12.4 Å². The number of ketones is 1. The van der Waals surface area contributed by atoms with E-state index in [1.165, 1.54) is 0 Å². The number of rotatable bonds is 7. The lowest BCUT2D eigenvalue weighted by Crippen LogP contribution is -2.27. The van der Waals surface area contributed by atoms with Gasteiger partial charge in [-0.05, 0) is 39.3 Å². The van der Waals surface area contributed by atoms with Gasteiger partial charge in [-0.3, -0.25) is 4.79 Å². The second kappa shape index (κ2) is 7.83. The molecule has 0 aliphatic rings. The standard InChI is InChI=1S/C18H23N3O4/c1-6-25-18(23)15-10(2)16(21-11(15)3)17(22)12(4)20-13-7-8-14(24-5)19-9-13/h7-9,12,20-21H,6H2,1-5H3/t12-/m1/s1. The van der Waals surface area contributed by atoms with Crippen LogP contribution in [0.25, 0.3) is 0 Å². The number of ether oxygens (including phenoxy) is 2. The summed E-state index contributed by atoms with van der Waals surface area (Å²) in [6, 6.07) is 3.00. The van der Waals surface area contributed by atoms with Crippen LogP contribution in [-0.4, -0.2) is 41.5 Å². The van der Waals surface area contributed by atoms with E-state index in [0.717, 1.165) is 0 Å². The van der Waals surface area contributed by atoms with E-state index in [9.17, 15) is 9.59 Å². The van der Waals surface area contributed by atoms with Gasteiger partial charge in [-0.25, -0.2) is 9.78 Å². The van der Waals surface area contributed by atoms with Crippen molar-refractivity contribution >= 4 is 17.4 Å². The lowest BCUT2D eigenvalue weighted by Gasteiger charge is -2.14. The highest BCUT2D eigenvalue weighted by Gasteiger charge is 2.25. The van der Waals surface area contributed by atoms with Crippen LogP contribution in [0.5, 0.6) is 5.88 Å². The molecule has 2 N–H and O–H groups in total. The first kappa shape index (κ1) is 18.5. The van der Waals surface area contributed by atoms with E-state index in [4.69, 9.17) is 9.47 Å². The van der Waals surface area contributed by atoms with E-state index in [1.54, 1.807) is 53.1 Å². The lowest BCUT2D eigenvalue weighted by atomic mass is 10.0. The van der Waals surface area contributed by atoms with Crippen molar-refractivity contribution in [3.05, 3.63) is 40.8 Å². The van der Waals surface area contributed by atoms with Crippen LogP contribution in [0.15, 0.2) is 18.3 Å². The Morgan fingerprint density at radius 3 is 2.60 bits per heavy atom. The number of methoxy groups -OCH3 is 1. The fourth-order valence-corrected chi connectivity index (χ4v) is 2.62. The molecular weight excluding hydrogens is 322 g/mol. The summed E-state index contributed by atoms with van der Waals surface area (Å²) in [5, 5.41) is 3.10. The van der Waals surface area contributed by atoms with Gasteiger partial charge in [0.2, 0.25) is 11.7 Å². The molecule has 0 amide bonds. The molecule has 0 aliphatic carbocycles. The molecule has 134 valence electrons. The van der Waals surface area contributed by atoms with Gasteiger partial charge in [0.15, 0.2) is 0 Å². The number of esters is 1. The van der Waals surface area contributed by atoms with Gasteiger partial charge >= 0.3 is 5.97 Å². The number of Topliss-reactive ketones (excluding diaryl/α,β-unsaturated/α-hetero) is 1. The second-order valence-corrected chi connectivity index (χ2v) is 5.66. The van der Waals surface area contributed by atoms with Crippen LogP contribution in [-0.2, 0) is 4.74 Å². The van der Waals surface area contributed by atoms with Crippen LogP contribution in [0, 0.1) is 13.8 Å². The first-order chi connectivity index (χ1) is 11.9. The van der Waals surface area contributed by atoms with Gasteiger partial charge in [0.1, 0.15) is 0 Å². The normalized spacial score (nSPS) is 11.7. The number of hydrogen-bond donors (Lipinski definition) is 2. The molecule has 0 aliphatic heterocycles. The molecule has 0 radical (unpaired) electrons. The maximum Gasteiger partial charge on any atom is 0.340 e. The molecule has 7 nitrogen and oxygen atoms in total. The summed E-state index contributed by atoms with van der Waals surface area (Å²) in [6.45, 7) is 7.28. The number of pyridine rings is 1. The molecule has 0 saturated carbocycles. The summed E-state index contributed by atoms with van der Waals surface area (Å²) in [5.41, 5.74) is 2.75.